The van der Waals surface area contributed by atoms with Gasteiger partial charge in [-0.3, -0.25) is 0 Å². The first-order valence-electron chi connectivity index (χ1n) is 11.2. The monoisotopic (exact) mass is 506 g/mol. The summed E-state index contributed by atoms with van der Waals surface area (Å²) in [5.41, 5.74) is 4.65. The van der Waals surface area contributed by atoms with Gasteiger partial charge in [0.1, 0.15) is 11.5 Å². The number of phenolic OH excluding ortho intramolecular Hbond substituents is 1. The van der Waals surface area contributed by atoms with Gasteiger partial charge in [-0.1, -0.05) is 42.5 Å². The third kappa shape index (κ3) is 11.2. The van der Waals surface area contributed by atoms with Crippen molar-refractivity contribution in [2.45, 2.75) is 22.5 Å². The summed E-state index contributed by atoms with van der Waals surface area (Å²) in [6.07, 6.45) is 4.99. The second-order valence-corrected chi connectivity index (χ2v) is 9.71. The summed E-state index contributed by atoms with van der Waals surface area (Å²) in [6, 6.07) is 24.0. The molecule has 0 unspecified atom stereocenters. The molecule has 0 radical (unpaired) electrons. The van der Waals surface area contributed by atoms with E-state index in [1.165, 1.54) is 27.0 Å². The fraction of sp³-hybridized carbons (Fsp3) is 0.172. The van der Waals surface area contributed by atoms with Crippen molar-refractivity contribution in [3.63, 3.8) is 0 Å². The van der Waals surface area contributed by atoms with Gasteiger partial charge in [-0.05, 0) is 73.2 Å². The van der Waals surface area contributed by atoms with Gasteiger partial charge in [-0.25, -0.2) is 0 Å². The molecule has 0 aliphatic heterocycles. The molecule has 4 N–H and O–H groups in total. The Morgan fingerprint density at radius 2 is 1.43 bits per heavy atom. The van der Waals surface area contributed by atoms with E-state index < -0.39 is 0 Å². The first kappa shape index (κ1) is 28.0. The minimum Gasteiger partial charge on any atom is -0.508 e. The Hall–Kier alpha value is -3.22. The largest absolute Gasteiger partial charge is 0.508 e. The van der Waals surface area contributed by atoms with E-state index in [0.29, 0.717) is 5.75 Å². The van der Waals surface area contributed by atoms with Crippen molar-refractivity contribution in [2.75, 3.05) is 30.5 Å². The van der Waals surface area contributed by atoms with E-state index in [4.69, 9.17) is 0 Å². The second-order valence-electron chi connectivity index (χ2n) is 7.61. The van der Waals surface area contributed by atoms with Crippen LogP contribution in [0.1, 0.15) is 12.5 Å². The average molecular weight is 507 g/mol. The number of rotatable bonds is 10. The van der Waals surface area contributed by atoms with Gasteiger partial charge in [-0.15, -0.1) is 23.5 Å². The van der Waals surface area contributed by atoms with E-state index in [-0.39, 0.29) is 5.76 Å². The number of aliphatic hydroxyl groups is 1. The van der Waals surface area contributed by atoms with Gasteiger partial charge >= 0.3 is 0 Å². The summed E-state index contributed by atoms with van der Waals surface area (Å²) in [6.45, 7) is 5.53. The van der Waals surface area contributed by atoms with Crippen LogP contribution < -0.4 is 10.6 Å². The van der Waals surface area contributed by atoms with E-state index in [0.717, 1.165) is 22.9 Å². The summed E-state index contributed by atoms with van der Waals surface area (Å²) in [5, 5.41) is 24.7. The fourth-order valence-electron chi connectivity index (χ4n) is 2.78. The molecular weight excluding hydrogens is 472 g/mol. The zero-order valence-corrected chi connectivity index (χ0v) is 22.1. The molecule has 0 heterocycles. The van der Waals surface area contributed by atoms with Crippen molar-refractivity contribution in [3.05, 3.63) is 114 Å². The zero-order chi connectivity index (χ0) is 25.5. The molecule has 3 rings (SSSR count). The number of hydrogen-bond acceptors (Lipinski definition) is 6. The lowest BCUT2D eigenvalue weighted by Gasteiger charge is -2.05. The van der Waals surface area contributed by atoms with Gasteiger partial charge < -0.3 is 20.8 Å². The summed E-state index contributed by atoms with van der Waals surface area (Å²) in [4.78, 5) is 2.47. The standard InChI is InChI=1S/C15H19NOS.C14H15NOS/c1-4-14(17)9-8-12(2)11-18-15-7-5-6-13(10-15)16-3;1-15-12-3-2-4-14(9-12)17-10-11-5-7-13(16)8-6-11/h4-10,16-17H,1,11H2,2-3H3;2-9,15-16H,10H2,1H3/b12-8+,14-9+;. The van der Waals surface area contributed by atoms with E-state index in [2.05, 4.69) is 41.5 Å². The highest BCUT2D eigenvalue weighted by Gasteiger charge is 1.98. The molecule has 3 aromatic rings. The Kier molecular flexibility index (Phi) is 12.5. The zero-order valence-electron chi connectivity index (χ0n) is 20.5. The predicted octanol–water partition coefficient (Wildman–Crippen LogP) is 8.12. The van der Waals surface area contributed by atoms with Crippen molar-refractivity contribution in [2.24, 2.45) is 0 Å². The average Bonchev–Trinajstić information content (AvgIpc) is 2.90. The number of aliphatic hydroxyl groups excluding tert-OH is 1. The maximum atomic E-state index is 9.24. The van der Waals surface area contributed by atoms with Gasteiger partial charge in [0.15, 0.2) is 0 Å². The van der Waals surface area contributed by atoms with Crippen LogP contribution in [0.5, 0.6) is 5.75 Å². The Morgan fingerprint density at radius 1 is 0.857 bits per heavy atom. The highest BCUT2D eigenvalue weighted by molar-refractivity contribution is 7.99. The number of phenols is 1. The van der Waals surface area contributed by atoms with Crippen LogP contribution in [-0.2, 0) is 5.75 Å². The molecule has 0 saturated heterocycles. The molecule has 0 spiro atoms. The number of benzene rings is 3. The molecule has 4 nitrogen and oxygen atoms in total. The minimum atomic E-state index is 0.191. The number of thioether (sulfide) groups is 2. The van der Waals surface area contributed by atoms with Gasteiger partial charge in [0, 0.05) is 46.8 Å². The third-order valence-electron chi connectivity index (χ3n) is 4.80. The molecule has 0 aromatic heterocycles. The SMILES string of the molecule is C=C/C(O)=C\C=C(/C)CSc1cccc(NC)c1.CNc1cccc(SCc2ccc(O)cc2)c1. The summed E-state index contributed by atoms with van der Waals surface area (Å²) < 4.78 is 0. The van der Waals surface area contributed by atoms with Crippen LogP contribution in [0, 0.1) is 0 Å². The highest BCUT2D eigenvalue weighted by Crippen LogP contribution is 2.26. The van der Waals surface area contributed by atoms with Gasteiger partial charge in [0.05, 0.1) is 0 Å². The third-order valence-corrected chi connectivity index (χ3v) is 7.05. The topological polar surface area (TPSA) is 64.5 Å². The molecule has 35 heavy (non-hydrogen) atoms. The van der Waals surface area contributed by atoms with Crippen molar-refractivity contribution >= 4 is 34.9 Å². The van der Waals surface area contributed by atoms with Crippen LogP contribution in [0.15, 0.2) is 119 Å². The minimum absolute atomic E-state index is 0.191. The Bertz CT molecular complexity index is 1130. The van der Waals surface area contributed by atoms with Crippen molar-refractivity contribution < 1.29 is 10.2 Å². The molecule has 0 aliphatic rings. The van der Waals surface area contributed by atoms with Crippen molar-refractivity contribution in [1.29, 1.82) is 0 Å². The van der Waals surface area contributed by atoms with Crippen LogP contribution in [0.25, 0.3) is 0 Å². The normalized spacial score (nSPS) is 11.3. The lowest BCUT2D eigenvalue weighted by Crippen LogP contribution is -1.88. The molecule has 0 bridgehead atoms. The maximum Gasteiger partial charge on any atom is 0.115 e. The lowest BCUT2D eigenvalue weighted by molar-refractivity contribution is 0.433. The summed E-state index contributed by atoms with van der Waals surface area (Å²) in [7, 11) is 3.83. The van der Waals surface area contributed by atoms with Gasteiger partial charge in [-0.2, -0.15) is 0 Å². The number of aromatic hydroxyl groups is 1. The van der Waals surface area contributed by atoms with Gasteiger partial charge in [0.2, 0.25) is 0 Å². The molecule has 6 heteroatoms. The van der Waals surface area contributed by atoms with Gasteiger partial charge in [0.25, 0.3) is 0 Å². The summed E-state index contributed by atoms with van der Waals surface area (Å²) in [5.74, 6) is 2.31. The smallest absolute Gasteiger partial charge is 0.115 e. The fourth-order valence-corrected chi connectivity index (χ4v) is 4.57. The second kappa shape index (κ2) is 15.6. The van der Waals surface area contributed by atoms with Crippen LogP contribution in [0.2, 0.25) is 0 Å². The first-order chi connectivity index (χ1) is 16.9. The van der Waals surface area contributed by atoms with Crippen LogP contribution >= 0.6 is 23.5 Å². The molecule has 0 aliphatic carbocycles. The molecule has 0 atom stereocenters. The number of nitrogens with one attached hydrogen (secondary N) is 2. The first-order valence-corrected chi connectivity index (χ1v) is 13.2. The molecule has 0 fully saturated rings. The maximum absolute atomic E-state index is 9.24. The van der Waals surface area contributed by atoms with E-state index in [1.807, 2.05) is 63.5 Å². The van der Waals surface area contributed by atoms with Crippen LogP contribution in [0.4, 0.5) is 11.4 Å². The van der Waals surface area contributed by atoms with E-state index >= 15 is 0 Å². The number of anilines is 2. The highest BCUT2D eigenvalue weighted by atomic mass is 32.2. The number of allylic oxidation sites excluding steroid dienone is 3. The molecular formula is C29H34N2O2S2. The summed E-state index contributed by atoms with van der Waals surface area (Å²) >= 11 is 3.56. The van der Waals surface area contributed by atoms with E-state index in [1.54, 1.807) is 41.7 Å². The van der Waals surface area contributed by atoms with Crippen molar-refractivity contribution in [3.8, 4) is 5.75 Å². The predicted molar refractivity (Wildman–Crippen MR) is 155 cm³/mol. The molecule has 3 aromatic carbocycles. The van der Waals surface area contributed by atoms with E-state index in [9.17, 15) is 10.2 Å². The Morgan fingerprint density at radius 3 is 1.97 bits per heavy atom. The van der Waals surface area contributed by atoms with Crippen molar-refractivity contribution in [1.82, 2.24) is 0 Å². The lowest BCUT2D eigenvalue weighted by atomic mass is 10.2. The Balaban J connectivity index is 0.000000247. The Labute approximate surface area is 217 Å². The molecule has 184 valence electrons. The molecule has 0 amide bonds. The molecule has 0 saturated carbocycles. The number of hydrogen-bond donors (Lipinski definition) is 4. The quantitative estimate of drug-likeness (QED) is 0.126. The van der Waals surface area contributed by atoms with Crippen LogP contribution in [0.3, 0.4) is 0 Å². The van der Waals surface area contributed by atoms with Crippen LogP contribution in [-0.4, -0.2) is 30.1 Å².